The van der Waals surface area contributed by atoms with E-state index in [1.807, 2.05) is 25.1 Å². The van der Waals surface area contributed by atoms with Crippen LogP contribution < -0.4 is 10.6 Å². The molecule has 0 heterocycles. The second kappa shape index (κ2) is 6.98. The van der Waals surface area contributed by atoms with Crippen molar-refractivity contribution in [1.82, 2.24) is 10.6 Å². The molecular formula is C12H18N2O2. The molecule has 0 saturated heterocycles. The number of aliphatic hydroxyl groups is 1. The predicted molar refractivity (Wildman–Crippen MR) is 63.5 cm³/mol. The van der Waals surface area contributed by atoms with Gasteiger partial charge in [0.15, 0.2) is 0 Å². The van der Waals surface area contributed by atoms with E-state index in [0.29, 0.717) is 25.2 Å². The van der Waals surface area contributed by atoms with Gasteiger partial charge in [0.25, 0.3) is 5.91 Å². The number of aliphatic hydroxyl groups excluding tert-OH is 1. The van der Waals surface area contributed by atoms with Crippen LogP contribution in [0.1, 0.15) is 15.9 Å². The molecule has 0 aliphatic rings. The molecule has 3 N–H and O–H groups in total. The van der Waals surface area contributed by atoms with Crippen molar-refractivity contribution >= 4 is 5.91 Å². The smallest absolute Gasteiger partial charge is 0.251 e. The van der Waals surface area contributed by atoms with E-state index < -0.39 is 0 Å². The second-order valence-corrected chi connectivity index (χ2v) is 3.60. The maximum absolute atomic E-state index is 11.6. The van der Waals surface area contributed by atoms with Crippen molar-refractivity contribution in [2.24, 2.45) is 0 Å². The van der Waals surface area contributed by atoms with E-state index in [9.17, 15) is 4.79 Å². The van der Waals surface area contributed by atoms with Crippen molar-refractivity contribution in [1.29, 1.82) is 0 Å². The molecule has 0 aromatic heterocycles. The number of aryl methyl sites for hydroxylation is 1. The van der Waals surface area contributed by atoms with E-state index >= 15 is 0 Å². The van der Waals surface area contributed by atoms with Crippen LogP contribution in [0.4, 0.5) is 0 Å². The largest absolute Gasteiger partial charge is 0.395 e. The van der Waals surface area contributed by atoms with Gasteiger partial charge in [-0.15, -0.1) is 0 Å². The molecule has 16 heavy (non-hydrogen) atoms. The molecule has 0 spiro atoms. The van der Waals surface area contributed by atoms with Crippen LogP contribution in [0.25, 0.3) is 0 Å². The van der Waals surface area contributed by atoms with Gasteiger partial charge in [0.1, 0.15) is 0 Å². The van der Waals surface area contributed by atoms with E-state index in [0.717, 1.165) is 5.56 Å². The van der Waals surface area contributed by atoms with Crippen LogP contribution in [0.2, 0.25) is 0 Å². The van der Waals surface area contributed by atoms with Crippen LogP contribution in [0.5, 0.6) is 0 Å². The number of amides is 1. The van der Waals surface area contributed by atoms with E-state index in [-0.39, 0.29) is 12.5 Å². The molecule has 0 unspecified atom stereocenters. The molecular weight excluding hydrogens is 204 g/mol. The lowest BCUT2D eigenvalue weighted by Crippen LogP contribution is -2.32. The quantitative estimate of drug-likeness (QED) is 0.607. The standard InChI is InChI=1S/C12H18N2O2/c1-10-3-2-4-11(9-10)12(16)14-6-5-13-7-8-15/h2-4,9,13,15H,5-8H2,1H3,(H,14,16). The van der Waals surface area contributed by atoms with Gasteiger partial charge < -0.3 is 15.7 Å². The summed E-state index contributed by atoms with van der Waals surface area (Å²) in [5, 5.41) is 14.3. The molecule has 1 aromatic carbocycles. The number of hydrogen-bond acceptors (Lipinski definition) is 3. The summed E-state index contributed by atoms with van der Waals surface area (Å²) in [5.74, 6) is -0.0606. The fraction of sp³-hybridized carbons (Fsp3) is 0.417. The molecule has 1 rings (SSSR count). The zero-order valence-electron chi connectivity index (χ0n) is 9.49. The lowest BCUT2D eigenvalue weighted by molar-refractivity contribution is 0.0954. The highest BCUT2D eigenvalue weighted by Gasteiger charge is 2.03. The zero-order chi connectivity index (χ0) is 11.8. The first-order valence-corrected chi connectivity index (χ1v) is 5.40. The Morgan fingerprint density at radius 1 is 1.31 bits per heavy atom. The molecule has 0 saturated carbocycles. The molecule has 0 atom stereocenters. The minimum absolute atomic E-state index is 0.0606. The maximum Gasteiger partial charge on any atom is 0.251 e. The van der Waals surface area contributed by atoms with Gasteiger partial charge in [-0.05, 0) is 19.1 Å². The lowest BCUT2D eigenvalue weighted by atomic mass is 10.1. The van der Waals surface area contributed by atoms with Gasteiger partial charge in [-0.3, -0.25) is 4.79 Å². The summed E-state index contributed by atoms with van der Waals surface area (Å²) < 4.78 is 0. The van der Waals surface area contributed by atoms with E-state index in [4.69, 9.17) is 5.11 Å². The van der Waals surface area contributed by atoms with Crippen LogP contribution >= 0.6 is 0 Å². The Hall–Kier alpha value is -1.39. The topological polar surface area (TPSA) is 61.4 Å². The number of carbonyl (C=O) groups excluding carboxylic acids is 1. The summed E-state index contributed by atoms with van der Waals surface area (Å²) in [5.41, 5.74) is 1.76. The van der Waals surface area contributed by atoms with Crippen molar-refractivity contribution in [3.8, 4) is 0 Å². The molecule has 0 aliphatic carbocycles. The van der Waals surface area contributed by atoms with Crippen LogP contribution in [0.3, 0.4) is 0 Å². The van der Waals surface area contributed by atoms with Crippen LogP contribution in [-0.4, -0.2) is 37.3 Å². The van der Waals surface area contributed by atoms with Gasteiger partial charge in [0.2, 0.25) is 0 Å². The molecule has 0 aliphatic heterocycles. The minimum atomic E-state index is -0.0606. The van der Waals surface area contributed by atoms with E-state index in [1.165, 1.54) is 0 Å². The number of nitrogens with one attached hydrogen (secondary N) is 2. The Balaban J connectivity index is 2.30. The molecule has 0 bridgehead atoms. The molecule has 88 valence electrons. The summed E-state index contributed by atoms with van der Waals surface area (Å²) in [6.45, 7) is 3.86. The fourth-order valence-electron chi connectivity index (χ4n) is 1.36. The van der Waals surface area contributed by atoms with Crippen LogP contribution in [-0.2, 0) is 0 Å². The lowest BCUT2D eigenvalue weighted by Gasteiger charge is -2.06. The van der Waals surface area contributed by atoms with Gasteiger partial charge in [-0.1, -0.05) is 17.7 Å². The number of rotatable bonds is 6. The number of hydrogen-bond donors (Lipinski definition) is 3. The SMILES string of the molecule is Cc1cccc(C(=O)NCCNCCO)c1. The van der Waals surface area contributed by atoms with Crippen LogP contribution in [0, 0.1) is 6.92 Å². The third-order valence-electron chi connectivity index (χ3n) is 2.16. The van der Waals surface area contributed by atoms with Crippen molar-refractivity contribution < 1.29 is 9.90 Å². The molecule has 1 aromatic rings. The molecule has 0 radical (unpaired) electrons. The van der Waals surface area contributed by atoms with Crippen LogP contribution in [0.15, 0.2) is 24.3 Å². The summed E-state index contributed by atoms with van der Waals surface area (Å²) >= 11 is 0. The highest BCUT2D eigenvalue weighted by Crippen LogP contribution is 2.02. The fourth-order valence-corrected chi connectivity index (χ4v) is 1.36. The molecule has 1 amide bonds. The highest BCUT2D eigenvalue weighted by molar-refractivity contribution is 5.94. The van der Waals surface area contributed by atoms with Gasteiger partial charge >= 0.3 is 0 Å². The Morgan fingerprint density at radius 2 is 2.12 bits per heavy atom. The number of benzene rings is 1. The Bertz CT molecular complexity index is 340. The first-order chi connectivity index (χ1) is 7.74. The third kappa shape index (κ3) is 4.42. The first kappa shape index (κ1) is 12.7. The third-order valence-corrected chi connectivity index (χ3v) is 2.16. The Morgan fingerprint density at radius 3 is 2.81 bits per heavy atom. The molecule has 0 fully saturated rings. The maximum atomic E-state index is 11.6. The summed E-state index contributed by atoms with van der Waals surface area (Å²) in [6, 6.07) is 7.48. The Kier molecular flexibility index (Phi) is 5.53. The average Bonchev–Trinajstić information content (AvgIpc) is 2.28. The molecule has 4 nitrogen and oxygen atoms in total. The summed E-state index contributed by atoms with van der Waals surface area (Å²) in [4.78, 5) is 11.6. The summed E-state index contributed by atoms with van der Waals surface area (Å²) in [7, 11) is 0. The van der Waals surface area contributed by atoms with Gasteiger partial charge in [-0.25, -0.2) is 0 Å². The van der Waals surface area contributed by atoms with Crippen molar-refractivity contribution in [3.63, 3.8) is 0 Å². The van der Waals surface area contributed by atoms with Crippen molar-refractivity contribution in [3.05, 3.63) is 35.4 Å². The van der Waals surface area contributed by atoms with Crippen molar-refractivity contribution in [2.45, 2.75) is 6.92 Å². The monoisotopic (exact) mass is 222 g/mol. The van der Waals surface area contributed by atoms with Gasteiger partial charge in [-0.2, -0.15) is 0 Å². The van der Waals surface area contributed by atoms with Crippen molar-refractivity contribution in [2.75, 3.05) is 26.2 Å². The molecule has 4 heteroatoms. The van der Waals surface area contributed by atoms with E-state index in [1.54, 1.807) is 6.07 Å². The highest BCUT2D eigenvalue weighted by atomic mass is 16.3. The predicted octanol–water partition coefficient (Wildman–Crippen LogP) is 0.307. The minimum Gasteiger partial charge on any atom is -0.395 e. The zero-order valence-corrected chi connectivity index (χ0v) is 9.49. The van der Waals surface area contributed by atoms with Gasteiger partial charge in [0, 0.05) is 25.2 Å². The second-order valence-electron chi connectivity index (χ2n) is 3.60. The average molecular weight is 222 g/mol. The number of carbonyl (C=O) groups is 1. The summed E-state index contributed by atoms with van der Waals surface area (Å²) in [6.07, 6.45) is 0. The van der Waals surface area contributed by atoms with E-state index in [2.05, 4.69) is 10.6 Å². The first-order valence-electron chi connectivity index (χ1n) is 5.40. The normalized spacial score (nSPS) is 10.1. The Labute approximate surface area is 95.7 Å². The van der Waals surface area contributed by atoms with Gasteiger partial charge in [0.05, 0.1) is 6.61 Å².